The normalized spacial score (nSPS) is 14.8. The number of aryl methyl sites for hydroxylation is 2. The van der Waals surface area contributed by atoms with Crippen molar-refractivity contribution in [2.75, 3.05) is 6.26 Å². The first-order valence-corrected chi connectivity index (χ1v) is 9.62. The summed E-state index contributed by atoms with van der Waals surface area (Å²) >= 11 is 0. The largest absolute Gasteiger partial charge is 0.335 e. The maximum atomic E-state index is 13.8. The molecule has 0 saturated heterocycles. The van der Waals surface area contributed by atoms with Gasteiger partial charge in [-0.25, -0.2) is 22.2 Å². The minimum Gasteiger partial charge on any atom is -0.335 e. The second-order valence-electron chi connectivity index (χ2n) is 6.07. The molecular formula is C16H19F2N3O2S. The highest BCUT2D eigenvalue weighted by molar-refractivity contribution is 7.88. The first kappa shape index (κ1) is 17.0. The minimum atomic E-state index is -3.57. The summed E-state index contributed by atoms with van der Waals surface area (Å²) in [5, 5.41) is 0. The van der Waals surface area contributed by atoms with E-state index in [2.05, 4.69) is 4.98 Å². The molecule has 2 heterocycles. The van der Waals surface area contributed by atoms with Crippen LogP contribution in [0.1, 0.15) is 29.9 Å². The van der Waals surface area contributed by atoms with Crippen LogP contribution in [-0.4, -0.2) is 28.5 Å². The molecule has 0 aliphatic carbocycles. The number of aromatic nitrogens is 2. The molecule has 3 rings (SSSR count). The number of fused-ring (bicyclic) bond motifs is 1. The lowest BCUT2D eigenvalue weighted by Gasteiger charge is -2.19. The number of hydrogen-bond donors (Lipinski definition) is 0. The summed E-state index contributed by atoms with van der Waals surface area (Å²) in [6.45, 7) is 0.788. The number of sulfonamides is 1. The van der Waals surface area contributed by atoms with Gasteiger partial charge in [0.25, 0.3) is 0 Å². The highest BCUT2D eigenvalue weighted by atomic mass is 32.2. The standard InChI is InChI=1S/C16H19F2N3O2S/c1-24(22,23)21(9-12-5-6-13(17)8-15(12)18)11-14-10-20-7-3-2-4-16(20)19-14/h5-6,8,10H,2-4,7,9,11H2,1H3. The molecule has 0 N–H and O–H groups in total. The van der Waals surface area contributed by atoms with Crippen LogP contribution in [0.25, 0.3) is 0 Å². The Balaban J connectivity index is 1.83. The Kier molecular flexibility index (Phi) is 4.69. The van der Waals surface area contributed by atoms with Crippen molar-refractivity contribution in [2.45, 2.75) is 38.9 Å². The van der Waals surface area contributed by atoms with E-state index >= 15 is 0 Å². The van der Waals surface area contributed by atoms with Crippen LogP contribution in [0.4, 0.5) is 8.78 Å². The predicted octanol–water partition coefficient (Wildman–Crippen LogP) is 2.46. The lowest BCUT2D eigenvalue weighted by Crippen LogP contribution is -2.29. The van der Waals surface area contributed by atoms with Gasteiger partial charge < -0.3 is 4.57 Å². The second-order valence-corrected chi connectivity index (χ2v) is 8.05. The number of hydrogen-bond acceptors (Lipinski definition) is 3. The van der Waals surface area contributed by atoms with Crippen molar-refractivity contribution in [1.82, 2.24) is 13.9 Å². The fourth-order valence-electron chi connectivity index (χ4n) is 2.86. The summed E-state index contributed by atoms with van der Waals surface area (Å²) in [4.78, 5) is 4.49. The second kappa shape index (κ2) is 6.60. The van der Waals surface area contributed by atoms with Crippen molar-refractivity contribution in [2.24, 2.45) is 0 Å². The average molecular weight is 355 g/mol. The molecule has 130 valence electrons. The molecule has 0 fully saturated rings. The van der Waals surface area contributed by atoms with Crippen molar-refractivity contribution in [1.29, 1.82) is 0 Å². The molecule has 0 atom stereocenters. The Morgan fingerprint density at radius 3 is 2.71 bits per heavy atom. The van der Waals surface area contributed by atoms with Crippen molar-refractivity contribution in [3.05, 3.63) is 53.1 Å². The number of imidazole rings is 1. The van der Waals surface area contributed by atoms with E-state index < -0.39 is 21.7 Å². The van der Waals surface area contributed by atoms with Gasteiger partial charge in [0.15, 0.2) is 0 Å². The zero-order chi connectivity index (χ0) is 17.3. The van der Waals surface area contributed by atoms with E-state index in [0.717, 1.165) is 54.3 Å². The lowest BCUT2D eigenvalue weighted by molar-refractivity contribution is 0.393. The third kappa shape index (κ3) is 3.81. The van der Waals surface area contributed by atoms with E-state index in [1.54, 1.807) is 0 Å². The van der Waals surface area contributed by atoms with Crippen LogP contribution in [0.15, 0.2) is 24.4 Å². The molecular weight excluding hydrogens is 336 g/mol. The van der Waals surface area contributed by atoms with E-state index in [0.29, 0.717) is 5.69 Å². The van der Waals surface area contributed by atoms with Gasteiger partial charge in [-0.15, -0.1) is 0 Å². The van der Waals surface area contributed by atoms with Crippen LogP contribution >= 0.6 is 0 Å². The Bertz CT molecular complexity index is 826. The summed E-state index contributed by atoms with van der Waals surface area (Å²) in [6, 6.07) is 3.14. The van der Waals surface area contributed by atoms with Crippen molar-refractivity contribution in [3.63, 3.8) is 0 Å². The van der Waals surface area contributed by atoms with E-state index in [1.807, 2.05) is 10.8 Å². The average Bonchev–Trinajstić information content (AvgIpc) is 2.90. The van der Waals surface area contributed by atoms with Crippen molar-refractivity contribution < 1.29 is 17.2 Å². The molecule has 1 aliphatic rings. The summed E-state index contributed by atoms with van der Waals surface area (Å²) in [7, 11) is -3.57. The SMILES string of the molecule is CS(=O)(=O)N(Cc1cn2c(n1)CCCC2)Cc1ccc(F)cc1F. The fraction of sp³-hybridized carbons (Fsp3) is 0.438. The van der Waals surface area contributed by atoms with Gasteiger partial charge in [-0.1, -0.05) is 6.07 Å². The van der Waals surface area contributed by atoms with E-state index in [-0.39, 0.29) is 18.7 Å². The van der Waals surface area contributed by atoms with Crippen LogP contribution < -0.4 is 0 Å². The first-order valence-electron chi connectivity index (χ1n) is 7.77. The molecule has 24 heavy (non-hydrogen) atoms. The quantitative estimate of drug-likeness (QED) is 0.828. The Labute approximate surface area is 140 Å². The Morgan fingerprint density at radius 2 is 2.04 bits per heavy atom. The summed E-state index contributed by atoms with van der Waals surface area (Å²) in [5.41, 5.74) is 0.769. The molecule has 0 amide bonds. The molecule has 2 aromatic rings. The molecule has 0 saturated carbocycles. The molecule has 0 bridgehead atoms. The molecule has 5 nitrogen and oxygen atoms in total. The van der Waals surface area contributed by atoms with Gasteiger partial charge >= 0.3 is 0 Å². The van der Waals surface area contributed by atoms with Gasteiger partial charge in [0.2, 0.25) is 10.0 Å². The zero-order valence-electron chi connectivity index (χ0n) is 13.4. The smallest absolute Gasteiger partial charge is 0.211 e. The third-order valence-corrected chi connectivity index (χ3v) is 5.32. The molecule has 1 aromatic carbocycles. The maximum absolute atomic E-state index is 13.8. The van der Waals surface area contributed by atoms with Crippen LogP contribution in [0.3, 0.4) is 0 Å². The number of benzene rings is 1. The molecule has 8 heteroatoms. The Hall–Kier alpha value is -1.80. The highest BCUT2D eigenvalue weighted by Crippen LogP contribution is 2.19. The van der Waals surface area contributed by atoms with Crippen LogP contribution in [-0.2, 0) is 36.1 Å². The fourth-order valence-corrected chi connectivity index (χ4v) is 3.60. The third-order valence-electron chi connectivity index (χ3n) is 4.13. The zero-order valence-corrected chi connectivity index (χ0v) is 14.2. The van der Waals surface area contributed by atoms with E-state index in [9.17, 15) is 17.2 Å². The monoisotopic (exact) mass is 355 g/mol. The van der Waals surface area contributed by atoms with Gasteiger partial charge in [-0.05, 0) is 18.9 Å². The van der Waals surface area contributed by atoms with Gasteiger partial charge in [-0.2, -0.15) is 4.31 Å². The molecule has 1 aromatic heterocycles. The van der Waals surface area contributed by atoms with Gasteiger partial charge in [-0.3, -0.25) is 0 Å². The highest BCUT2D eigenvalue weighted by Gasteiger charge is 2.22. The molecule has 0 spiro atoms. The van der Waals surface area contributed by atoms with Gasteiger partial charge in [0, 0.05) is 37.3 Å². The van der Waals surface area contributed by atoms with Gasteiger partial charge in [0.05, 0.1) is 18.5 Å². The molecule has 1 aliphatic heterocycles. The van der Waals surface area contributed by atoms with E-state index in [4.69, 9.17) is 0 Å². The molecule has 0 radical (unpaired) electrons. The number of nitrogens with zero attached hydrogens (tertiary/aromatic N) is 3. The number of rotatable bonds is 5. The van der Waals surface area contributed by atoms with Crippen molar-refractivity contribution >= 4 is 10.0 Å². The van der Waals surface area contributed by atoms with Crippen LogP contribution in [0.2, 0.25) is 0 Å². The van der Waals surface area contributed by atoms with Crippen LogP contribution in [0, 0.1) is 11.6 Å². The van der Waals surface area contributed by atoms with Crippen molar-refractivity contribution in [3.8, 4) is 0 Å². The Morgan fingerprint density at radius 1 is 1.25 bits per heavy atom. The maximum Gasteiger partial charge on any atom is 0.211 e. The van der Waals surface area contributed by atoms with E-state index in [1.165, 1.54) is 6.07 Å². The first-order chi connectivity index (χ1) is 11.3. The number of halogens is 2. The topological polar surface area (TPSA) is 55.2 Å². The minimum absolute atomic E-state index is 0.0651. The van der Waals surface area contributed by atoms with Gasteiger partial charge in [0.1, 0.15) is 17.5 Å². The lowest BCUT2D eigenvalue weighted by atomic mass is 10.2. The van der Waals surface area contributed by atoms with Crippen LogP contribution in [0.5, 0.6) is 0 Å². The summed E-state index contributed by atoms with van der Waals surface area (Å²) < 4.78 is 54.2. The molecule has 0 unspecified atom stereocenters. The summed E-state index contributed by atoms with van der Waals surface area (Å²) in [6.07, 6.45) is 5.97. The summed E-state index contributed by atoms with van der Waals surface area (Å²) in [5.74, 6) is -0.491. The predicted molar refractivity (Wildman–Crippen MR) is 85.6 cm³/mol.